The molecule has 2 N–H and O–H groups in total. The van der Waals surface area contributed by atoms with E-state index in [0.29, 0.717) is 27.7 Å². The summed E-state index contributed by atoms with van der Waals surface area (Å²) in [6.07, 6.45) is 2.22. The molecule has 2 heterocycles. The van der Waals surface area contributed by atoms with Crippen LogP contribution in [-0.4, -0.2) is 50.8 Å². The Labute approximate surface area is 182 Å². The number of aromatic nitrogens is 3. The highest BCUT2D eigenvalue weighted by molar-refractivity contribution is 6.30. The molecule has 0 saturated heterocycles. The summed E-state index contributed by atoms with van der Waals surface area (Å²) >= 11 is 5.96. The van der Waals surface area contributed by atoms with E-state index in [2.05, 4.69) is 5.10 Å². The molecule has 0 aliphatic heterocycles. The molecular formula is C22H20ClN3O5. The molecule has 0 saturated carbocycles. The summed E-state index contributed by atoms with van der Waals surface area (Å²) in [6, 6.07) is 14.1. The lowest BCUT2D eigenvalue weighted by Crippen LogP contribution is -2.22. The van der Waals surface area contributed by atoms with Gasteiger partial charge < -0.3 is 19.7 Å². The van der Waals surface area contributed by atoms with Gasteiger partial charge in [0, 0.05) is 22.8 Å². The molecule has 0 aliphatic carbocycles. The normalized spacial score (nSPS) is 12.1. The molecule has 4 aromatic rings. The van der Waals surface area contributed by atoms with Crippen molar-refractivity contribution in [2.75, 3.05) is 20.3 Å². The fourth-order valence-corrected chi connectivity index (χ4v) is 3.26. The molecule has 0 radical (unpaired) electrons. The average molecular weight is 442 g/mol. The van der Waals surface area contributed by atoms with Gasteiger partial charge in [0.2, 0.25) is 0 Å². The molecule has 1 atom stereocenters. The second-order valence-electron chi connectivity index (χ2n) is 6.85. The van der Waals surface area contributed by atoms with Gasteiger partial charge in [-0.1, -0.05) is 23.7 Å². The van der Waals surface area contributed by atoms with E-state index in [-0.39, 0.29) is 12.2 Å². The topological polar surface area (TPSA) is 98.2 Å². The number of benzene rings is 2. The largest absolute Gasteiger partial charge is 0.493 e. The van der Waals surface area contributed by atoms with Crippen molar-refractivity contribution < 1.29 is 19.7 Å². The van der Waals surface area contributed by atoms with E-state index in [9.17, 15) is 9.90 Å². The van der Waals surface area contributed by atoms with Crippen molar-refractivity contribution in [2.24, 2.45) is 0 Å². The van der Waals surface area contributed by atoms with E-state index >= 15 is 0 Å². The van der Waals surface area contributed by atoms with E-state index < -0.39 is 12.7 Å². The molecule has 0 spiro atoms. The summed E-state index contributed by atoms with van der Waals surface area (Å²) in [5.41, 5.74) is 2.48. The number of methoxy groups -OCH3 is 1. The van der Waals surface area contributed by atoms with E-state index in [1.54, 1.807) is 42.6 Å². The molecule has 2 aromatic carbocycles. The number of nitrogens with zero attached hydrogens (tertiary/aromatic N) is 3. The zero-order valence-electron chi connectivity index (χ0n) is 16.6. The Hall–Kier alpha value is -3.33. The van der Waals surface area contributed by atoms with Gasteiger partial charge in [-0.3, -0.25) is 9.36 Å². The highest BCUT2D eigenvalue weighted by Gasteiger charge is 2.13. The predicted octanol–water partition coefficient (Wildman–Crippen LogP) is 2.55. The third-order valence-corrected chi connectivity index (χ3v) is 5.03. The Kier molecular flexibility index (Phi) is 5.94. The van der Waals surface area contributed by atoms with Gasteiger partial charge in [-0.25, -0.2) is 4.52 Å². The van der Waals surface area contributed by atoms with Crippen molar-refractivity contribution in [3.8, 4) is 28.3 Å². The second-order valence-corrected chi connectivity index (χ2v) is 7.29. The van der Waals surface area contributed by atoms with Crippen LogP contribution in [0.4, 0.5) is 0 Å². The van der Waals surface area contributed by atoms with E-state index in [4.69, 9.17) is 26.2 Å². The van der Waals surface area contributed by atoms with Crippen molar-refractivity contribution in [3.05, 3.63) is 76.4 Å². The minimum Gasteiger partial charge on any atom is -0.493 e. The zero-order valence-corrected chi connectivity index (χ0v) is 17.4. The van der Waals surface area contributed by atoms with Gasteiger partial charge in [-0.05, 0) is 35.9 Å². The lowest BCUT2D eigenvalue weighted by Gasteiger charge is -2.14. The van der Waals surface area contributed by atoms with Crippen LogP contribution in [0.25, 0.3) is 22.3 Å². The van der Waals surface area contributed by atoms with Crippen LogP contribution in [0.5, 0.6) is 11.5 Å². The van der Waals surface area contributed by atoms with Crippen LogP contribution in [0.15, 0.2) is 65.8 Å². The first-order valence-corrected chi connectivity index (χ1v) is 9.84. The number of aliphatic hydroxyl groups excluding tert-OH is 2. The molecule has 0 aliphatic rings. The number of hydrogen-bond acceptors (Lipinski definition) is 6. The lowest BCUT2D eigenvalue weighted by atomic mass is 10.1. The van der Waals surface area contributed by atoms with Gasteiger partial charge in [-0.15, -0.1) is 0 Å². The summed E-state index contributed by atoms with van der Waals surface area (Å²) in [5, 5.41) is 23.4. The minimum atomic E-state index is -0.997. The van der Waals surface area contributed by atoms with Crippen LogP contribution in [0.1, 0.15) is 0 Å². The first kappa shape index (κ1) is 20.9. The second kappa shape index (κ2) is 8.81. The Balaban J connectivity index is 1.70. The van der Waals surface area contributed by atoms with Gasteiger partial charge in [0.25, 0.3) is 5.56 Å². The van der Waals surface area contributed by atoms with Crippen LogP contribution in [0.2, 0.25) is 5.02 Å². The molecule has 9 heteroatoms. The van der Waals surface area contributed by atoms with Crippen molar-refractivity contribution in [1.82, 2.24) is 14.2 Å². The van der Waals surface area contributed by atoms with E-state index in [1.807, 2.05) is 12.1 Å². The highest BCUT2D eigenvalue weighted by Crippen LogP contribution is 2.29. The molecule has 0 bridgehead atoms. The summed E-state index contributed by atoms with van der Waals surface area (Å²) in [4.78, 5) is 13.1. The molecular weight excluding hydrogens is 422 g/mol. The Morgan fingerprint density at radius 1 is 1.10 bits per heavy atom. The summed E-state index contributed by atoms with van der Waals surface area (Å²) in [5.74, 6) is 0.764. The third-order valence-electron chi connectivity index (χ3n) is 4.77. The SMILES string of the molecule is COc1cc(-n2cnn3cc(-c4ccc(Cl)cc4)cc3c2=O)ccc1OCC(O)CO. The maximum atomic E-state index is 13.1. The van der Waals surface area contributed by atoms with Crippen molar-refractivity contribution >= 4 is 17.1 Å². The van der Waals surface area contributed by atoms with Crippen LogP contribution in [-0.2, 0) is 0 Å². The Morgan fingerprint density at radius 2 is 1.87 bits per heavy atom. The predicted molar refractivity (Wildman–Crippen MR) is 116 cm³/mol. The van der Waals surface area contributed by atoms with Gasteiger partial charge >= 0.3 is 0 Å². The highest BCUT2D eigenvalue weighted by atomic mass is 35.5. The first-order valence-electron chi connectivity index (χ1n) is 9.46. The molecule has 0 amide bonds. The third kappa shape index (κ3) is 4.27. The fraction of sp³-hybridized carbons (Fsp3) is 0.182. The monoisotopic (exact) mass is 441 g/mol. The Bertz CT molecular complexity index is 1270. The van der Waals surface area contributed by atoms with Crippen LogP contribution < -0.4 is 15.0 Å². The maximum absolute atomic E-state index is 13.1. The van der Waals surface area contributed by atoms with E-state index in [1.165, 1.54) is 22.5 Å². The van der Waals surface area contributed by atoms with Gasteiger partial charge in [0.1, 0.15) is 24.6 Å². The van der Waals surface area contributed by atoms with Crippen molar-refractivity contribution in [2.45, 2.75) is 6.10 Å². The van der Waals surface area contributed by atoms with E-state index in [0.717, 1.165) is 11.1 Å². The van der Waals surface area contributed by atoms with Gasteiger partial charge in [0.05, 0.1) is 19.4 Å². The molecule has 8 nitrogen and oxygen atoms in total. The fourth-order valence-electron chi connectivity index (χ4n) is 3.14. The van der Waals surface area contributed by atoms with Crippen molar-refractivity contribution in [3.63, 3.8) is 0 Å². The first-order chi connectivity index (χ1) is 15.0. The smallest absolute Gasteiger partial charge is 0.282 e. The summed E-state index contributed by atoms with van der Waals surface area (Å²) in [6.45, 7) is -0.492. The van der Waals surface area contributed by atoms with Crippen LogP contribution in [0.3, 0.4) is 0 Å². The number of fused-ring (bicyclic) bond motifs is 1. The quantitative estimate of drug-likeness (QED) is 0.457. The summed E-state index contributed by atoms with van der Waals surface area (Å²) < 4.78 is 13.8. The number of ether oxygens (including phenoxy) is 2. The van der Waals surface area contributed by atoms with Gasteiger partial charge in [-0.2, -0.15) is 5.10 Å². The molecule has 4 rings (SSSR count). The molecule has 0 fully saturated rings. The van der Waals surface area contributed by atoms with Gasteiger partial charge in [0.15, 0.2) is 11.5 Å². The number of aliphatic hydroxyl groups is 2. The lowest BCUT2D eigenvalue weighted by molar-refractivity contribution is 0.0527. The summed E-state index contributed by atoms with van der Waals surface area (Å²) in [7, 11) is 1.48. The maximum Gasteiger partial charge on any atom is 0.282 e. The zero-order chi connectivity index (χ0) is 22.0. The number of hydrogen-bond donors (Lipinski definition) is 2. The number of halogens is 1. The van der Waals surface area contributed by atoms with Crippen LogP contribution in [0, 0.1) is 0 Å². The van der Waals surface area contributed by atoms with Crippen molar-refractivity contribution in [1.29, 1.82) is 0 Å². The molecule has 2 aromatic heterocycles. The van der Waals surface area contributed by atoms with Crippen LogP contribution >= 0.6 is 11.6 Å². The average Bonchev–Trinajstić information content (AvgIpc) is 3.23. The number of rotatable bonds is 7. The minimum absolute atomic E-state index is 0.0860. The Morgan fingerprint density at radius 3 is 2.58 bits per heavy atom. The molecule has 31 heavy (non-hydrogen) atoms. The molecule has 160 valence electrons. The molecule has 1 unspecified atom stereocenters. The standard InChI is InChI=1S/C22H20ClN3O5/c1-30-21-9-17(6-7-20(21)31-12-18(28)11-27)25-13-24-26-10-15(8-19(26)22(25)29)14-2-4-16(23)5-3-14/h2-10,13,18,27-28H,11-12H2,1H3.